The maximum atomic E-state index is 11.7. The van der Waals surface area contributed by atoms with Crippen LogP contribution in [0.15, 0.2) is 12.2 Å². The summed E-state index contributed by atoms with van der Waals surface area (Å²) >= 11 is 0. The van der Waals surface area contributed by atoms with E-state index in [4.69, 9.17) is 4.74 Å². The second-order valence-corrected chi connectivity index (χ2v) is 3.98. The number of cyclic esters (lactones) is 1. The molecule has 0 unspecified atom stereocenters. The lowest BCUT2D eigenvalue weighted by Gasteiger charge is -2.24. The van der Waals surface area contributed by atoms with Gasteiger partial charge in [-0.2, -0.15) is 0 Å². The van der Waals surface area contributed by atoms with Gasteiger partial charge in [-0.05, 0) is 13.8 Å². The number of carbonyl (C=O) groups excluding carboxylic acids is 2. The molecular formula is C11H16O3. The standard InChI is InChI=1S/C11H16O3/c1-5-9(12)11(4)8(7(2)3)6-14-10(11)13/h8H,2,5-6H2,1,3-4H3/t8-,11-/m0/s1. The average Bonchev–Trinajstić information content (AvgIpc) is 2.43. The monoisotopic (exact) mass is 196 g/mol. The Morgan fingerprint density at radius 3 is 2.71 bits per heavy atom. The molecule has 0 aromatic carbocycles. The Morgan fingerprint density at radius 2 is 2.29 bits per heavy atom. The highest BCUT2D eigenvalue weighted by Gasteiger charge is 2.53. The van der Waals surface area contributed by atoms with Crippen LogP contribution in [0.5, 0.6) is 0 Å². The van der Waals surface area contributed by atoms with Crippen molar-refractivity contribution < 1.29 is 14.3 Å². The topological polar surface area (TPSA) is 43.4 Å². The predicted molar refractivity (Wildman–Crippen MR) is 52.7 cm³/mol. The molecule has 1 saturated heterocycles. The lowest BCUT2D eigenvalue weighted by molar-refractivity contribution is -0.150. The molecule has 0 aromatic heterocycles. The Balaban J connectivity index is 3.07. The van der Waals surface area contributed by atoms with Gasteiger partial charge in [-0.15, -0.1) is 0 Å². The van der Waals surface area contributed by atoms with E-state index in [1.54, 1.807) is 13.8 Å². The largest absolute Gasteiger partial charge is 0.464 e. The third-order valence-electron chi connectivity index (χ3n) is 3.00. The molecular weight excluding hydrogens is 180 g/mol. The molecule has 2 atom stereocenters. The van der Waals surface area contributed by atoms with Crippen molar-refractivity contribution in [2.45, 2.75) is 27.2 Å². The van der Waals surface area contributed by atoms with Crippen LogP contribution in [-0.4, -0.2) is 18.4 Å². The zero-order valence-corrected chi connectivity index (χ0v) is 8.92. The normalized spacial score (nSPS) is 31.4. The minimum atomic E-state index is -0.999. The number of Topliss-reactive ketones (excluding diaryl/α,β-unsaturated/α-hetero) is 1. The first-order valence-electron chi connectivity index (χ1n) is 4.80. The van der Waals surface area contributed by atoms with Crippen LogP contribution < -0.4 is 0 Å². The summed E-state index contributed by atoms with van der Waals surface area (Å²) < 4.78 is 4.94. The first-order valence-corrected chi connectivity index (χ1v) is 4.80. The van der Waals surface area contributed by atoms with Crippen LogP contribution >= 0.6 is 0 Å². The fourth-order valence-corrected chi connectivity index (χ4v) is 1.93. The van der Waals surface area contributed by atoms with E-state index in [-0.39, 0.29) is 18.3 Å². The molecule has 0 amide bonds. The summed E-state index contributed by atoms with van der Waals surface area (Å²) in [5, 5.41) is 0. The molecule has 1 fully saturated rings. The number of ketones is 1. The molecule has 1 rings (SSSR count). The van der Waals surface area contributed by atoms with Crippen molar-refractivity contribution in [1.82, 2.24) is 0 Å². The average molecular weight is 196 g/mol. The van der Waals surface area contributed by atoms with Gasteiger partial charge in [0.2, 0.25) is 0 Å². The van der Waals surface area contributed by atoms with E-state index in [2.05, 4.69) is 6.58 Å². The Kier molecular flexibility index (Phi) is 2.79. The molecule has 3 nitrogen and oxygen atoms in total. The summed E-state index contributed by atoms with van der Waals surface area (Å²) in [6.07, 6.45) is 0.357. The number of rotatable bonds is 3. The number of hydrogen-bond acceptors (Lipinski definition) is 3. The van der Waals surface area contributed by atoms with Crippen molar-refractivity contribution in [2.75, 3.05) is 6.61 Å². The molecule has 0 N–H and O–H groups in total. The fourth-order valence-electron chi connectivity index (χ4n) is 1.93. The lowest BCUT2D eigenvalue weighted by atomic mass is 9.72. The van der Waals surface area contributed by atoms with E-state index in [1.165, 1.54) is 0 Å². The summed E-state index contributed by atoms with van der Waals surface area (Å²) in [5.74, 6) is -0.632. The van der Waals surface area contributed by atoms with Gasteiger partial charge in [-0.25, -0.2) is 0 Å². The van der Waals surface area contributed by atoms with Crippen LogP contribution in [-0.2, 0) is 14.3 Å². The second kappa shape index (κ2) is 3.56. The van der Waals surface area contributed by atoms with Crippen LogP contribution in [0, 0.1) is 11.3 Å². The van der Waals surface area contributed by atoms with Gasteiger partial charge < -0.3 is 4.74 Å². The van der Waals surface area contributed by atoms with E-state index >= 15 is 0 Å². The Bertz CT molecular complexity index is 293. The molecule has 1 aliphatic heterocycles. The number of carbonyl (C=O) groups is 2. The van der Waals surface area contributed by atoms with E-state index in [0.29, 0.717) is 6.42 Å². The van der Waals surface area contributed by atoms with E-state index < -0.39 is 11.4 Å². The van der Waals surface area contributed by atoms with E-state index in [9.17, 15) is 9.59 Å². The van der Waals surface area contributed by atoms with Gasteiger partial charge in [0.05, 0.1) is 6.61 Å². The number of hydrogen-bond donors (Lipinski definition) is 0. The van der Waals surface area contributed by atoms with Gasteiger partial charge in [0, 0.05) is 12.3 Å². The van der Waals surface area contributed by atoms with Crippen LogP contribution in [0.4, 0.5) is 0 Å². The molecule has 0 spiro atoms. The van der Waals surface area contributed by atoms with Gasteiger partial charge in [-0.1, -0.05) is 19.1 Å². The van der Waals surface area contributed by atoms with Crippen molar-refractivity contribution in [2.24, 2.45) is 11.3 Å². The molecule has 0 bridgehead atoms. The third-order valence-corrected chi connectivity index (χ3v) is 3.00. The summed E-state index contributed by atoms with van der Waals surface area (Å²) in [5.41, 5.74) is -0.166. The van der Waals surface area contributed by atoms with E-state index in [0.717, 1.165) is 5.57 Å². The number of esters is 1. The van der Waals surface area contributed by atoms with E-state index in [1.807, 2.05) is 6.92 Å². The first kappa shape index (κ1) is 11.0. The maximum Gasteiger partial charge on any atom is 0.320 e. The van der Waals surface area contributed by atoms with Gasteiger partial charge in [-0.3, -0.25) is 9.59 Å². The molecule has 1 aliphatic rings. The second-order valence-electron chi connectivity index (χ2n) is 3.98. The van der Waals surface area contributed by atoms with Crippen LogP contribution in [0.25, 0.3) is 0 Å². The van der Waals surface area contributed by atoms with Crippen molar-refractivity contribution in [3.63, 3.8) is 0 Å². The zero-order chi connectivity index (χ0) is 10.9. The quantitative estimate of drug-likeness (QED) is 0.392. The Labute approximate surface area is 84.1 Å². The minimum absolute atomic E-state index is 0.0620. The fraction of sp³-hybridized carbons (Fsp3) is 0.636. The van der Waals surface area contributed by atoms with Crippen molar-refractivity contribution in [1.29, 1.82) is 0 Å². The van der Waals surface area contributed by atoms with Crippen molar-refractivity contribution >= 4 is 11.8 Å². The smallest absolute Gasteiger partial charge is 0.320 e. The van der Waals surface area contributed by atoms with Gasteiger partial charge >= 0.3 is 5.97 Å². The highest BCUT2D eigenvalue weighted by Crippen LogP contribution is 2.40. The molecule has 0 aromatic rings. The lowest BCUT2D eigenvalue weighted by Crippen LogP contribution is -2.38. The Morgan fingerprint density at radius 1 is 1.71 bits per heavy atom. The molecule has 0 radical (unpaired) electrons. The van der Waals surface area contributed by atoms with Crippen LogP contribution in [0.1, 0.15) is 27.2 Å². The first-order chi connectivity index (χ1) is 6.44. The summed E-state index contributed by atoms with van der Waals surface area (Å²) in [7, 11) is 0. The van der Waals surface area contributed by atoms with Crippen molar-refractivity contribution in [3.05, 3.63) is 12.2 Å². The molecule has 14 heavy (non-hydrogen) atoms. The summed E-state index contributed by atoms with van der Waals surface area (Å²) in [6, 6.07) is 0. The highest BCUT2D eigenvalue weighted by molar-refractivity contribution is 6.05. The van der Waals surface area contributed by atoms with Crippen LogP contribution in [0.3, 0.4) is 0 Å². The van der Waals surface area contributed by atoms with Gasteiger partial charge in [0.15, 0.2) is 0 Å². The van der Waals surface area contributed by atoms with Gasteiger partial charge in [0.25, 0.3) is 0 Å². The SMILES string of the molecule is C=C(C)[C@@H]1COC(=O)[C@]1(C)C(=O)CC. The summed E-state index contributed by atoms with van der Waals surface area (Å²) in [6.45, 7) is 9.33. The molecule has 0 saturated carbocycles. The summed E-state index contributed by atoms with van der Waals surface area (Å²) in [4.78, 5) is 23.2. The minimum Gasteiger partial charge on any atom is -0.464 e. The number of ether oxygens (including phenoxy) is 1. The highest BCUT2D eigenvalue weighted by atomic mass is 16.5. The maximum absolute atomic E-state index is 11.7. The molecule has 78 valence electrons. The zero-order valence-electron chi connectivity index (χ0n) is 8.92. The third kappa shape index (κ3) is 1.37. The van der Waals surface area contributed by atoms with Gasteiger partial charge in [0.1, 0.15) is 11.2 Å². The molecule has 1 heterocycles. The molecule has 0 aliphatic carbocycles. The molecule has 3 heteroatoms. The Hall–Kier alpha value is -1.12. The predicted octanol–water partition coefficient (Wildman–Crippen LogP) is 1.72. The van der Waals surface area contributed by atoms with Crippen LogP contribution in [0.2, 0.25) is 0 Å². The van der Waals surface area contributed by atoms with Crippen molar-refractivity contribution in [3.8, 4) is 0 Å².